The molecule has 5 N–H and O–H groups in total. The van der Waals surface area contributed by atoms with Crippen molar-refractivity contribution in [2.45, 2.75) is 34.1 Å². The van der Waals surface area contributed by atoms with Crippen LogP contribution in [0.1, 0.15) is 31.4 Å². The third kappa shape index (κ3) is 3.03. The van der Waals surface area contributed by atoms with Crippen molar-refractivity contribution in [3.63, 3.8) is 0 Å². The average Bonchev–Trinajstić information content (AvgIpc) is 3.05. The number of benzene rings is 1. The van der Waals surface area contributed by atoms with E-state index >= 15 is 0 Å². The number of pyridine rings is 1. The van der Waals surface area contributed by atoms with Gasteiger partial charge in [0.1, 0.15) is 5.82 Å². The lowest BCUT2D eigenvalue weighted by Crippen LogP contribution is -2.24. The first kappa shape index (κ1) is 18.3. The monoisotopic (exact) mass is 351 g/mol. The number of nitrogens with one attached hydrogen (secondary N) is 3. The minimum absolute atomic E-state index is 0.895. The molecule has 138 valence electrons. The normalized spacial score (nSPS) is 13.2. The maximum Gasteiger partial charge on any atom is 0.134 e. The van der Waals surface area contributed by atoms with E-state index in [0.717, 1.165) is 48.0 Å². The van der Waals surface area contributed by atoms with Crippen molar-refractivity contribution in [3.8, 4) is 0 Å². The fourth-order valence-corrected chi connectivity index (χ4v) is 3.75. The molecule has 2 heterocycles. The lowest BCUT2D eigenvalue weighted by molar-refractivity contribution is 0.688. The highest BCUT2D eigenvalue weighted by molar-refractivity contribution is 6.08. The van der Waals surface area contributed by atoms with E-state index < -0.39 is 0 Å². The number of fused-ring (bicyclic) bond motifs is 2. The van der Waals surface area contributed by atoms with Gasteiger partial charge in [0.05, 0.1) is 5.52 Å². The van der Waals surface area contributed by atoms with Gasteiger partial charge in [0, 0.05) is 40.3 Å². The Morgan fingerprint density at radius 2 is 2.00 bits per heavy atom. The smallest absolute Gasteiger partial charge is 0.134 e. The Morgan fingerprint density at radius 3 is 2.69 bits per heavy atom. The van der Waals surface area contributed by atoms with E-state index in [1.54, 1.807) is 6.20 Å². The van der Waals surface area contributed by atoms with Crippen molar-refractivity contribution in [1.82, 2.24) is 15.3 Å². The molecule has 3 rings (SSSR count). The second-order valence-corrected chi connectivity index (χ2v) is 6.62. The molecule has 5 nitrogen and oxygen atoms in total. The molecule has 1 aromatic carbocycles. The molecular formula is C21H29N5. The first-order chi connectivity index (χ1) is 12.6. The molecule has 3 aromatic rings. The summed E-state index contributed by atoms with van der Waals surface area (Å²) in [6.45, 7) is 11.4. The maximum atomic E-state index is 5.96. The van der Waals surface area contributed by atoms with Crippen LogP contribution in [-0.4, -0.2) is 29.6 Å². The number of nitrogens with two attached hydrogens (primary N) is 1. The summed E-state index contributed by atoms with van der Waals surface area (Å²) in [6, 6.07) is 2.10. The van der Waals surface area contributed by atoms with Crippen molar-refractivity contribution in [2.24, 2.45) is 5.73 Å². The zero-order valence-electron chi connectivity index (χ0n) is 16.2. The summed E-state index contributed by atoms with van der Waals surface area (Å²) < 4.78 is 0. The van der Waals surface area contributed by atoms with E-state index in [0.29, 0.717) is 0 Å². The number of aromatic nitrogens is 2. The molecular weight excluding hydrogens is 322 g/mol. The summed E-state index contributed by atoms with van der Waals surface area (Å²) in [5, 5.41) is 12.6. The molecule has 0 atom stereocenters. The zero-order valence-corrected chi connectivity index (χ0v) is 16.2. The minimum atomic E-state index is 0.895. The van der Waals surface area contributed by atoms with E-state index in [1.165, 1.54) is 27.3 Å². The van der Waals surface area contributed by atoms with Gasteiger partial charge in [-0.15, -0.1) is 0 Å². The van der Waals surface area contributed by atoms with Crippen molar-refractivity contribution in [1.29, 1.82) is 0 Å². The summed E-state index contributed by atoms with van der Waals surface area (Å²) in [5.74, 6) is 0.952. The summed E-state index contributed by atoms with van der Waals surface area (Å²) in [6.07, 6.45) is 6.72. The predicted molar refractivity (Wildman–Crippen MR) is 113 cm³/mol. The number of aryl methyl sites for hydroxylation is 2. The van der Waals surface area contributed by atoms with Gasteiger partial charge in [-0.05, 0) is 62.9 Å². The Labute approximate surface area is 154 Å². The van der Waals surface area contributed by atoms with Crippen LogP contribution >= 0.6 is 0 Å². The fraction of sp³-hybridized carbons (Fsp3) is 0.381. The van der Waals surface area contributed by atoms with Crippen LogP contribution in [0.5, 0.6) is 0 Å². The van der Waals surface area contributed by atoms with Crippen molar-refractivity contribution in [3.05, 3.63) is 34.0 Å². The van der Waals surface area contributed by atoms with Crippen molar-refractivity contribution >= 4 is 39.8 Å². The van der Waals surface area contributed by atoms with Gasteiger partial charge in [0.2, 0.25) is 0 Å². The first-order valence-corrected chi connectivity index (χ1v) is 9.36. The van der Waals surface area contributed by atoms with Crippen LogP contribution in [0, 0.1) is 13.8 Å². The van der Waals surface area contributed by atoms with Gasteiger partial charge in [0.25, 0.3) is 0 Å². The summed E-state index contributed by atoms with van der Waals surface area (Å²) in [7, 11) is 0. The molecule has 0 saturated heterocycles. The van der Waals surface area contributed by atoms with Crippen LogP contribution in [0.3, 0.4) is 0 Å². The summed E-state index contributed by atoms with van der Waals surface area (Å²) in [4.78, 5) is 8.16. The van der Waals surface area contributed by atoms with E-state index in [1.807, 2.05) is 13.1 Å². The molecule has 26 heavy (non-hydrogen) atoms. The molecule has 0 amide bonds. The fourth-order valence-electron chi connectivity index (χ4n) is 3.75. The van der Waals surface area contributed by atoms with Crippen molar-refractivity contribution in [2.75, 3.05) is 25.0 Å². The summed E-state index contributed by atoms with van der Waals surface area (Å²) >= 11 is 0. The number of H-pyrrole nitrogens is 1. The lowest BCUT2D eigenvalue weighted by atomic mass is 9.97. The highest BCUT2D eigenvalue weighted by atomic mass is 15.0. The molecule has 0 spiro atoms. The number of hydrogen-bond donors (Lipinski definition) is 4. The van der Waals surface area contributed by atoms with Crippen LogP contribution in [0.4, 0.5) is 5.82 Å². The first-order valence-electron chi connectivity index (χ1n) is 9.36. The third-order valence-corrected chi connectivity index (χ3v) is 5.08. The zero-order chi connectivity index (χ0) is 18.7. The molecule has 0 aliphatic rings. The molecule has 5 heteroatoms. The molecule has 0 aliphatic heterocycles. The Morgan fingerprint density at radius 1 is 1.19 bits per heavy atom. The van der Waals surface area contributed by atoms with Crippen LogP contribution in [0.25, 0.3) is 34.0 Å². The lowest BCUT2D eigenvalue weighted by Gasteiger charge is -2.14. The molecule has 0 bridgehead atoms. The van der Waals surface area contributed by atoms with Gasteiger partial charge in [-0.1, -0.05) is 13.0 Å². The highest BCUT2D eigenvalue weighted by Gasteiger charge is 2.15. The Kier molecular flexibility index (Phi) is 5.47. The average molecular weight is 351 g/mol. The number of aromatic amines is 1. The van der Waals surface area contributed by atoms with E-state index in [-0.39, 0.29) is 0 Å². The molecule has 0 unspecified atom stereocenters. The summed E-state index contributed by atoms with van der Waals surface area (Å²) in [5.41, 5.74) is 9.56. The standard InChI is InChI=1S/C21H29N5/c1-5-17-16(12-22)18-14(4)19-15(13(3)20(18)26-17)8-11-25-21(19)24-10-7-9-23-6-2/h5,8,11-12,23,26H,6-7,9-10,22H2,1-4H3,(H,24,25)/b16-12+,17-5+. The number of nitrogens with zero attached hydrogens (tertiary/aromatic N) is 1. The molecule has 0 fully saturated rings. The van der Waals surface area contributed by atoms with E-state index in [9.17, 15) is 0 Å². The Bertz CT molecular complexity index is 1050. The van der Waals surface area contributed by atoms with Gasteiger partial charge < -0.3 is 21.4 Å². The quantitative estimate of drug-likeness (QED) is 0.514. The molecule has 2 aromatic heterocycles. The predicted octanol–water partition coefficient (Wildman–Crippen LogP) is 2.24. The minimum Gasteiger partial charge on any atom is -0.404 e. The van der Waals surface area contributed by atoms with Gasteiger partial charge in [0.15, 0.2) is 0 Å². The topological polar surface area (TPSA) is 78.8 Å². The second kappa shape index (κ2) is 7.79. The number of rotatable bonds is 6. The van der Waals surface area contributed by atoms with E-state index in [4.69, 9.17) is 5.73 Å². The second-order valence-electron chi connectivity index (χ2n) is 6.62. The SMILES string of the molecule is C/C=c1/[nH]c2c(C)c3ccnc(NCCCNCC)c3c(C)c2/c1=C/N. The molecule has 0 radical (unpaired) electrons. The van der Waals surface area contributed by atoms with Crippen LogP contribution < -0.4 is 26.9 Å². The molecule has 0 aliphatic carbocycles. The Balaban J connectivity index is 2.19. The number of hydrogen-bond acceptors (Lipinski definition) is 4. The van der Waals surface area contributed by atoms with Gasteiger partial charge in [-0.3, -0.25) is 0 Å². The Hall–Kier alpha value is -2.53. The highest BCUT2D eigenvalue weighted by Crippen LogP contribution is 2.32. The van der Waals surface area contributed by atoms with Gasteiger partial charge >= 0.3 is 0 Å². The third-order valence-electron chi connectivity index (χ3n) is 5.08. The van der Waals surface area contributed by atoms with Crippen LogP contribution in [-0.2, 0) is 0 Å². The van der Waals surface area contributed by atoms with E-state index in [2.05, 4.69) is 53.5 Å². The van der Waals surface area contributed by atoms with Crippen molar-refractivity contribution < 1.29 is 0 Å². The maximum absolute atomic E-state index is 5.96. The molecule has 0 saturated carbocycles. The van der Waals surface area contributed by atoms with Crippen LogP contribution in [0.2, 0.25) is 0 Å². The van der Waals surface area contributed by atoms with Gasteiger partial charge in [-0.25, -0.2) is 4.98 Å². The van der Waals surface area contributed by atoms with Crippen LogP contribution in [0.15, 0.2) is 12.3 Å². The van der Waals surface area contributed by atoms with Gasteiger partial charge in [-0.2, -0.15) is 0 Å². The number of anilines is 1. The largest absolute Gasteiger partial charge is 0.404 e.